The first kappa shape index (κ1) is 11.4. The minimum Gasteiger partial charge on any atom is -0.375 e. The molecule has 0 aliphatic heterocycles. The van der Waals surface area contributed by atoms with E-state index in [4.69, 9.17) is 4.74 Å². The maximum Gasteiger partial charge on any atom is 0.0664 e. The molecule has 0 aromatic heterocycles. The van der Waals surface area contributed by atoms with Gasteiger partial charge in [-0.2, -0.15) is 0 Å². The SMILES string of the molecule is CCC(C)OC1CC(NC)C12CCCC2. The molecule has 2 aliphatic carbocycles. The van der Waals surface area contributed by atoms with Crippen LogP contribution >= 0.6 is 0 Å². The lowest BCUT2D eigenvalue weighted by molar-refractivity contribution is -0.155. The molecular formula is C13H25NO. The molecule has 0 radical (unpaired) electrons. The molecule has 0 saturated heterocycles. The van der Waals surface area contributed by atoms with Crippen LogP contribution in [0.5, 0.6) is 0 Å². The normalized spacial score (nSPS) is 35.4. The first-order valence-electron chi connectivity index (χ1n) is 6.55. The molecule has 0 heterocycles. The van der Waals surface area contributed by atoms with Crippen LogP contribution in [0.2, 0.25) is 0 Å². The summed E-state index contributed by atoms with van der Waals surface area (Å²) in [6.07, 6.45) is 8.88. The van der Waals surface area contributed by atoms with E-state index in [1.807, 2.05) is 0 Å². The Morgan fingerprint density at radius 1 is 1.40 bits per heavy atom. The van der Waals surface area contributed by atoms with Crippen LogP contribution < -0.4 is 5.32 Å². The van der Waals surface area contributed by atoms with Crippen molar-refractivity contribution in [2.45, 2.75) is 70.6 Å². The molecule has 3 atom stereocenters. The second kappa shape index (κ2) is 4.42. The Bertz CT molecular complexity index is 211. The predicted octanol–water partition coefficient (Wildman–Crippen LogP) is 2.72. The lowest BCUT2D eigenvalue weighted by Gasteiger charge is -2.54. The fourth-order valence-electron chi connectivity index (χ4n) is 3.42. The second-order valence-corrected chi connectivity index (χ2v) is 5.36. The smallest absolute Gasteiger partial charge is 0.0664 e. The van der Waals surface area contributed by atoms with Crippen LogP contribution in [-0.4, -0.2) is 25.3 Å². The molecule has 0 bridgehead atoms. The maximum absolute atomic E-state index is 6.17. The highest BCUT2D eigenvalue weighted by atomic mass is 16.5. The summed E-state index contributed by atoms with van der Waals surface area (Å²) in [5.74, 6) is 0. The van der Waals surface area contributed by atoms with Crippen LogP contribution in [0.15, 0.2) is 0 Å². The van der Waals surface area contributed by atoms with E-state index < -0.39 is 0 Å². The van der Waals surface area contributed by atoms with Crippen LogP contribution in [0.3, 0.4) is 0 Å². The Balaban J connectivity index is 1.96. The zero-order valence-corrected chi connectivity index (χ0v) is 10.4. The molecule has 2 aliphatic rings. The number of hydrogen-bond donors (Lipinski definition) is 1. The van der Waals surface area contributed by atoms with Gasteiger partial charge in [0, 0.05) is 11.5 Å². The van der Waals surface area contributed by atoms with Gasteiger partial charge in [0.1, 0.15) is 0 Å². The van der Waals surface area contributed by atoms with E-state index in [2.05, 4.69) is 26.2 Å². The minimum atomic E-state index is 0.435. The van der Waals surface area contributed by atoms with Crippen molar-refractivity contribution in [3.63, 3.8) is 0 Å². The summed E-state index contributed by atoms with van der Waals surface area (Å²) >= 11 is 0. The van der Waals surface area contributed by atoms with Gasteiger partial charge >= 0.3 is 0 Å². The zero-order chi connectivity index (χ0) is 10.9. The summed E-state index contributed by atoms with van der Waals surface area (Å²) < 4.78 is 6.17. The zero-order valence-electron chi connectivity index (χ0n) is 10.4. The third kappa shape index (κ3) is 1.83. The first-order valence-corrected chi connectivity index (χ1v) is 6.55. The van der Waals surface area contributed by atoms with Crippen molar-refractivity contribution in [2.75, 3.05) is 7.05 Å². The summed E-state index contributed by atoms with van der Waals surface area (Å²) in [5.41, 5.74) is 0.498. The van der Waals surface area contributed by atoms with Crippen molar-refractivity contribution in [3.05, 3.63) is 0 Å². The van der Waals surface area contributed by atoms with E-state index in [0.717, 1.165) is 6.42 Å². The van der Waals surface area contributed by atoms with E-state index in [9.17, 15) is 0 Å². The fraction of sp³-hybridized carbons (Fsp3) is 1.00. The Morgan fingerprint density at radius 3 is 2.60 bits per heavy atom. The molecule has 88 valence electrons. The largest absolute Gasteiger partial charge is 0.375 e. The van der Waals surface area contributed by atoms with Crippen molar-refractivity contribution in [1.82, 2.24) is 5.32 Å². The Labute approximate surface area is 93.8 Å². The number of nitrogens with one attached hydrogen (secondary N) is 1. The molecule has 1 spiro atoms. The highest BCUT2D eigenvalue weighted by Gasteiger charge is 2.56. The van der Waals surface area contributed by atoms with Crippen LogP contribution in [0.4, 0.5) is 0 Å². The minimum absolute atomic E-state index is 0.435. The standard InChI is InChI=1S/C13H25NO/c1-4-10(2)15-12-9-11(14-3)13(12)7-5-6-8-13/h10-12,14H,4-9H2,1-3H3. The van der Waals surface area contributed by atoms with Crippen LogP contribution in [-0.2, 0) is 4.74 Å². The van der Waals surface area contributed by atoms with Gasteiger partial charge in [-0.1, -0.05) is 19.8 Å². The lowest BCUT2D eigenvalue weighted by Crippen LogP contribution is -2.62. The molecule has 3 unspecified atom stereocenters. The molecule has 2 heteroatoms. The summed E-state index contributed by atoms with van der Waals surface area (Å²) in [6, 6.07) is 0.717. The van der Waals surface area contributed by atoms with Crippen molar-refractivity contribution < 1.29 is 4.74 Å². The van der Waals surface area contributed by atoms with Gasteiger partial charge in [-0.05, 0) is 39.7 Å². The van der Waals surface area contributed by atoms with Crippen molar-refractivity contribution in [1.29, 1.82) is 0 Å². The van der Waals surface area contributed by atoms with E-state index in [1.165, 1.54) is 32.1 Å². The molecule has 0 amide bonds. The average Bonchev–Trinajstić information content (AvgIpc) is 2.74. The average molecular weight is 211 g/mol. The van der Waals surface area contributed by atoms with Gasteiger partial charge in [0.05, 0.1) is 12.2 Å². The Kier molecular flexibility index (Phi) is 3.36. The summed E-state index contributed by atoms with van der Waals surface area (Å²) in [5, 5.41) is 3.48. The van der Waals surface area contributed by atoms with E-state index in [-0.39, 0.29) is 0 Å². The van der Waals surface area contributed by atoms with Gasteiger partial charge in [-0.3, -0.25) is 0 Å². The Morgan fingerprint density at radius 2 is 2.07 bits per heavy atom. The molecule has 2 rings (SSSR count). The molecular weight excluding hydrogens is 186 g/mol. The highest BCUT2D eigenvalue weighted by molar-refractivity contribution is 5.09. The van der Waals surface area contributed by atoms with Crippen molar-refractivity contribution in [2.24, 2.45) is 5.41 Å². The highest BCUT2D eigenvalue weighted by Crippen LogP contribution is 2.54. The van der Waals surface area contributed by atoms with Gasteiger partial charge in [0.15, 0.2) is 0 Å². The topological polar surface area (TPSA) is 21.3 Å². The summed E-state index contributed by atoms with van der Waals surface area (Å²) in [7, 11) is 2.10. The quantitative estimate of drug-likeness (QED) is 0.772. The molecule has 15 heavy (non-hydrogen) atoms. The van der Waals surface area contributed by atoms with Crippen molar-refractivity contribution in [3.8, 4) is 0 Å². The monoisotopic (exact) mass is 211 g/mol. The number of hydrogen-bond acceptors (Lipinski definition) is 2. The van der Waals surface area contributed by atoms with Crippen LogP contribution in [0, 0.1) is 5.41 Å². The molecule has 2 nitrogen and oxygen atoms in total. The molecule has 2 fully saturated rings. The van der Waals surface area contributed by atoms with Crippen LogP contribution in [0.1, 0.15) is 52.4 Å². The van der Waals surface area contributed by atoms with Crippen LogP contribution in [0.25, 0.3) is 0 Å². The number of ether oxygens (including phenoxy) is 1. The van der Waals surface area contributed by atoms with Gasteiger partial charge in [-0.25, -0.2) is 0 Å². The van der Waals surface area contributed by atoms with E-state index in [0.29, 0.717) is 23.7 Å². The molecule has 0 aromatic carbocycles. The first-order chi connectivity index (χ1) is 7.23. The number of rotatable bonds is 4. The van der Waals surface area contributed by atoms with Gasteiger partial charge < -0.3 is 10.1 Å². The van der Waals surface area contributed by atoms with E-state index >= 15 is 0 Å². The third-order valence-electron chi connectivity index (χ3n) is 4.64. The van der Waals surface area contributed by atoms with Gasteiger partial charge in [0.25, 0.3) is 0 Å². The molecule has 0 aromatic rings. The molecule has 2 saturated carbocycles. The molecule has 1 N–H and O–H groups in total. The fourth-order valence-corrected chi connectivity index (χ4v) is 3.42. The Hall–Kier alpha value is -0.0800. The predicted molar refractivity (Wildman–Crippen MR) is 63.0 cm³/mol. The van der Waals surface area contributed by atoms with Gasteiger partial charge in [-0.15, -0.1) is 0 Å². The van der Waals surface area contributed by atoms with E-state index in [1.54, 1.807) is 0 Å². The lowest BCUT2D eigenvalue weighted by atomic mass is 9.60. The summed E-state index contributed by atoms with van der Waals surface area (Å²) in [6.45, 7) is 4.41. The van der Waals surface area contributed by atoms with Crippen molar-refractivity contribution >= 4 is 0 Å². The summed E-state index contributed by atoms with van der Waals surface area (Å²) in [4.78, 5) is 0. The second-order valence-electron chi connectivity index (χ2n) is 5.36. The third-order valence-corrected chi connectivity index (χ3v) is 4.64. The maximum atomic E-state index is 6.17. The van der Waals surface area contributed by atoms with Gasteiger partial charge in [0.2, 0.25) is 0 Å².